The van der Waals surface area contributed by atoms with Gasteiger partial charge in [0.15, 0.2) is 0 Å². The number of rotatable bonds is 6. The van der Waals surface area contributed by atoms with E-state index in [-0.39, 0.29) is 24.8 Å². The average molecular weight is 416 g/mol. The van der Waals surface area contributed by atoms with Crippen molar-refractivity contribution in [3.8, 4) is 5.75 Å². The van der Waals surface area contributed by atoms with E-state index in [1.54, 1.807) is 43.4 Å². The summed E-state index contributed by atoms with van der Waals surface area (Å²) in [5.74, 6) is -0.111. The number of halogens is 3. The lowest BCUT2D eigenvalue weighted by Crippen LogP contribution is -2.35. The number of methoxy groups -OCH3 is 1. The van der Waals surface area contributed by atoms with Crippen molar-refractivity contribution >= 4 is 52.3 Å². The summed E-state index contributed by atoms with van der Waals surface area (Å²) in [6.07, 6.45) is 0.112. The Morgan fingerprint density at radius 1 is 1.08 bits per heavy atom. The molecular weight excluding hydrogens is 399 g/mol. The van der Waals surface area contributed by atoms with Crippen molar-refractivity contribution in [2.75, 3.05) is 26.0 Å². The van der Waals surface area contributed by atoms with E-state index < -0.39 is 0 Å². The SMILES string of the molecule is COc1ccc(Cl)cc1NC(=O)CN(C)C(=O)Cc1ccc(Cl)c(Cl)c1. The minimum atomic E-state index is -0.365. The fraction of sp³-hybridized carbons (Fsp3) is 0.222. The molecule has 0 atom stereocenters. The second kappa shape index (κ2) is 9.12. The summed E-state index contributed by atoms with van der Waals surface area (Å²) < 4.78 is 5.18. The molecule has 0 aromatic heterocycles. The Labute approximate surface area is 166 Å². The summed E-state index contributed by atoms with van der Waals surface area (Å²) in [4.78, 5) is 25.8. The standard InChI is InChI=1S/C18H17Cl3N2O3/c1-23(18(25)8-11-3-5-13(20)14(21)7-11)10-17(24)22-15-9-12(19)4-6-16(15)26-2/h3-7,9H,8,10H2,1-2H3,(H,22,24). The van der Waals surface area contributed by atoms with Crippen LogP contribution in [0.4, 0.5) is 5.69 Å². The number of nitrogens with zero attached hydrogens (tertiary/aromatic N) is 1. The molecule has 2 amide bonds. The molecule has 0 heterocycles. The molecule has 1 N–H and O–H groups in total. The highest BCUT2D eigenvalue weighted by Gasteiger charge is 2.15. The van der Waals surface area contributed by atoms with Gasteiger partial charge in [0.1, 0.15) is 5.75 Å². The van der Waals surface area contributed by atoms with Crippen molar-refractivity contribution < 1.29 is 14.3 Å². The Morgan fingerprint density at radius 3 is 2.46 bits per heavy atom. The molecule has 0 unspecified atom stereocenters. The minimum absolute atomic E-state index is 0.112. The number of hydrogen-bond donors (Lipinski definition) is 1. The van der Waals surface area contributed by atoms with E-state index in [0.29, 0.717) is 32.1 Å². The Hall–Kier alpha value is -1.95. The van der Waals surface area contributed by atoms with Gasteiger partial charge in [0.25, 0.3) is 0 Å². The first kappa shape index (κ1) is 20.4. The van der Waals surface area contributed by atoms with Crippen molar-refractivity contribution in [3.63, 3.8) is 0 Å². The Balaban J connectivity index is 1.96. The number of carbonyl (C=O) groups excluding carboxylic acids is 2. The number of benzene rings is 2. The van der Waals surface area contributed by atoms with Crippen molar-refractivity contribution in [3.05, 3.63) is 57.0 Å². The van der Waals surface area contributed by atoms with Gasteiger partial charge in [0.2, 0.25) is 11.8 Å². The third kappa shape index (κ3) is 5.53. The molecule has 0 aliphatic heterocycles. The van der Waals surface area contributed by atoms with Gasteiger partial charge < -0.3 is 15.0 Å². The van der Waals surface area contributed by atoms with Crippen LogP contribution in [0.25, 0.3) is 0 Å². The Kier molecular flexibility index (Phi) is 7.14. The molecule has 2 aromatic carbocycles. The number of ether oxygens (including phenoxy) is 1. The normalized spacial score (nSPS) is 10.3. The molecule has 0 spiro atoms. The van der Waals surface area contributed by atoms with Gasteiger partial charge in [-0.05, 0) is 35.9 Å². The molecule has 0 saturated heterocycles. The molecule has 0 fully saturated rings. The number of nitrogens with one attached hydrogen (secondary N) is 1. The first-order chi connectivity index (χ1) is 12.3. The second-order valence-corrected chi connectivity index (χ2v) is 6.82. The van der Waals surface area contributed by atoms with Crippen LogP contribution in [0.1, 0.15) is 5.56 Å². The summed E-state index contributed by atoms with van der Waals surface area (Å²) in [7, 11) is 3.04. The molecule has 138 valence electrons. The lowest BCUT2D eigenvalue weighted by Gasteiger charge is -2.18. The van der Waals surface area contributed by atoms with Crippen LogP contribution in [0.3, 0.4) is 0 Å². The number of amides is 2. The quantitative estimate of drug-likeness (QED) is 0.765. The zero-order valence-corrected chi connectivity index (χ0v) is 16.5. The van der Waals surface area contributed by atoms with E-state index in [1.807, 2.05) is 0 Å². The van der Waals surface area contributed by atoms with Crippen molar-refractivity contribution in [1.29, 1.82) is 0 Å². The predicted molar refractivity (Wildman–Crippen MR) is 104 cm³/mol. The predicted octanol–water partition coefficient (Wildman–Crippen LogP) is 4.30. The fourth-order valence-corrected chi connectivity index (χ4v) is 2.72. The topological polar surface area (TPSA) is 58.6 Å². The van der Waals surface area contributed by atoms with Gasteiger partial charge in [-0.1, -0.05) is 40.9 Å². The molecular formula is C18H17Cl3N2O3. The summed E-state index contributed by atoms with van der Waals surface area (Å²) in [5.41, 5.74) is 1.16. The van der Waals surface area contributed by atoms with Crippen LogP contribution in [0.2, 0.25) is 15.1 Å². The summed E-state index contributed by atoms with van der Waals surface area (Å²) >= 11 is 17.7. The maximum atomic E-state index is 12.3. The van der Waals surface area contributed by atoms with E-state index in [9.17, 15) is 9.59 Å². The zero-order valence-electron chi connectivity index (χ0n) is 14.2. The molecule has 2 aromatic rings. The monoisotopic (exact) mass is 414 g/mol. The van der Waals surface area contributed by atoms with Gasteiger partial charge in [-0.3, -0.25) is 9.59 Å². The Bertz CT molecular complexity index is 827. The third-order valence-electron chi connectivity index (χ3n) is 3.58. The third-order valence-corrected chi connectivity index (χ3v) is 4.56. The maximum absolute atomic E-state index is 12.3. The molecule has 26 heavy (non-hydrogen) atoms. The number of hydrogen-bond acceptors (Lipinski definition) is 3. The number of anilines is 1. The van der Waals surface area contributed by atoms with Crippen molar-refractivity contribution in [2.24, 2.45) is 0 Å². The van der Waals surface area contributed by atoms with E-state index in [0.717, 1.165) is 0 Å². The van der Waals surface area contributed by atoms with E-state index in [4.69, 9.17) is 39.5 Å². The molecule has 0 aliphatic carbocycles. The number of carbonyl (C=O) groups is 2. The highest BCUT2D eigenvalue weighted by molar-refractivity contribution is 6.42. The first-order valence-electron chi connectivity index (χ1n) is 7.61. The van der Waals surface area contributed by atoms with E-state index in [2.05, 4.69) is 5.32 Å². The molecule has 8 heteroatoms. The molecule has 0 bridgehead atoms. The lowest BCUT2D eigenvalue weighted by molar-refractivity contribution is -0.132. The van der Waals surface area contributed by atoms with Gasteiger partial charge in [-0.2, -0.15) is 0 Å². The van der Waals surface area contributed by atoms with Crippen LogP contribution < -0.4 is 10.1 Å². The highest BCUT2D eigenvalue weighted by Crippen LogP contribution is 2.27. The van der Waals surface area contributed by atoms with Gasteiger partial charge in [0, 0.05) is 12.1 Å². The van der Waals surface area contributed by atoms with Crippen LogP contribution in [0, 0.1) is 0 Å². The van der Waals surface area contributed by atoms with Crippen molar-refractivity contribution in [1.82, 2.24) is 4.90 Å². The smallest absolute Gasteiger partial charge is 0.244 e. The van der Waals surface area contributed by atoms with Crippen LogP contribution >= 0.6 is 34.8 Å². The molecule has 0 aliphatic rings. The van der Waals surface area contributed by atoms with Crippen LogP contribution in [0.5, 0.6) is 5.75 Å². The molecule has 2 rings (SSSR count). The van der Waals surface area contributed by atoms with E-state index >= 15 is 0 Å². The van der Waals surface area contributed by atoms with Crippen LogP contribution in [0.15, 0.2) is 36.4 Å². The largest absolute Gasteiger partial charge is 0.495 e. The highest BCUT2D eigenvalue weighted by atomic mass is 35.5. The zero-order chi connectivity index (χ0) is 19.3. The van der Waals surface area contributed by atoms with Gasteiger partial charge in [0.05, 0.1) is 35.8 Å². The summed E-state index contributed by atoms with van der Waals surface area (Å²) in [6, 6.07) is 9.86. The summed E-state index contributed by atoms with van der Waals surface area (Å²) in [6.45, 7) is -0.115. The van der Waals surface area contributed by atoms with Crippen molar-refractivity contribution in [2.45, 2.75) is 6.42 Å². The Morgan fingerprint density at radius 2 is 1.81 bits per heavy atom. The number of likely N-dealkylation sites (N-methyl/N-ethyl adjacent to an activating group) is 1. The van der Waals surface area contributed by atoms with Crippen LogP contribution in [-0.2, 0) is 16.0 Å². The van der Waals surface area contributed by atoms with Crippen LogP contribution in [-0.4, -0.2) is 37.4 Å². The van der Waals surface area contributed by atoms with Gasteiger partial charge >= 0.3 is 0 Å². The fourth-order valence-electron chi connectivity index (χ4n) is 2.23. The lowest BCUT2D eigenvalue weighted by atomic mass is 10.1. The van der Waals surface area contributed by atoms with Gasteiger partial charge in [-0.15, -0.1) is 0 Å². The summed E-state index contributed by atoms with van der Waals surface area (Å²) in [5, 5.41) is 3.95. The molecule has 0 saturated carbocycles. The average Bonchev–Trinajstić information content (AvgIpc) is 2.58. The first-order valence-corrected chi connectivity index (χ1v) is 8.75. The second-order valence-electron chi connectivity index (χ2n) is 5.57. The minimum Gasteiger partial charge on any atom is -0.495 e. The molecule has 5 nitrogen and oxygen atoms in total. The maximum Gasteiger partial charge on any atom is 0.244 e. The molecule has 0 radical (unpaired) electrons. The van der Waals surface area contributed by atoms with Gasteiger partial charge in [-0.25, -0.2) is 0 Å². The van der Waals surface area contributed by atoms with E-state index in [1.165, 1.54) is 12.0 Å².